The van der Waals surface area contributed by atoms with Gasteiger partial charge in [0.25, 0.3) is 0 Å². The van der Waals surface area contributed by atoms with E-state index in [1.165, 1.54) is 0 Å². The molecule has 1 saturated heterocycles. The molecule has 0 aliphatic carbocycles. The Bertz CT molecular complexity index is 490. The van der Waals surface area contributed by atoms with Gasteiger partial charge in [-0.15, -0.1) is 0 Å². The molecule has 0 radical (unpaired) electrons. The van der Waals surface area contributed by atoms with Crippen molar-refractivity contribution in [3.63, 3.8) is 0 Å². The number of ether oxygens (including phenoxy) is 1. The third-order valence-electron chi connectivity index (χ3n) is 3.22. The fraction of sp³-hybridized carbons (Fsp3) is 0.571. The van der Waals surface area contributed by atoms with Gasteiger partial charge in [-0.1, -0.05) is 13.8 Å². The Balaban J connectivity index is 2.19. The Kier molecular flexibility index (Phi) is 4.32. The summed E-state index contributed by atoms with van der Waals surface area (Å²) in [5, 5.41) is 2.83. The number of piperazine rings is 1. The Hall–Kier alpha value is -1.98. The van der Waals surface area contributed by atoms with E-state index in [4.69, 9.17) is 10.5 Å². The average molecular weight is 278 g/mol. The maximum atomic E-state index is 11.7. The van der Waals surface area contributed by atoms with Crippen LogP contribution in [0.1, 0.15) is 20.8 Å². The van der Waals surface area contributed by atoms with Gasteiger partial charge in [0.1, 0.15) is 11.9 Å². The van der Waals surface area contributed by atoms with Gasteiger partial charge < -0.3 is 20.7 Å². The first-order valence-electron chi connectivity index (χ1n) is 6.92. The highest BCUT2D eigenvalue weighted by Gasteiger charge is 2.26. The number of carbonyl (C=O) groups excluding carboxylic acids is 1. The minimum atomic E-state index is -0.238. The summed E-state index contributed by atoms with van der Waals surface area (Å²) < 4.78 is 5.63. The number of carbonyl (C=O) groups is 1. The van der Waals surface area contributed by atoms with Gasteiger partial charge in [0.15, 0.2) is 0 Å². The lowest BCUT2D eigenvalue weighted by molar-refractivity contribution is -0.122. The van der Waals surface area contributed by atoms with Crippen LogP contribution in [-0.4, -0.2) is 36.6 Å². The number of pyridine rings is 1. The van der Waals surface area contributed by atoms with E-state index in [9.17, 15) is 4.79 Å². The molecule has 6 nitrogen and oxygen atoms in total. The molecule has 1 aromatic heterocycles. The van der Waals surface area contributed by atoms with Gasteiger partial charge in [0.2, 0.25) is 11.8 Å². The molecule has 110 valence electrons. The first-order valence-corrected chi connectivity index (χ1v) is 6.92. The van der Waals surface area contributed by atoms with Crippen LogP contribution in [0.2, 0.25) is 0 Å². The molecule has 2 rings (SSSR count). The number of nitrogens with two attached hydrogens (primary N) is 1. The van der Waals surface area contributed by atoms with E-state index in [0.29, 0.717) is 30.6 Å². The predicted octanol–water partition coefficient (Wildman–Crippen LogP) is 1.02. The average Bonchev–Trinajstić information content (AvgIpc) is 2.41. The van der Waals surface area contributed by atoms with Gasteiger partial charge in [-0.3, -0.25) is 4.79 Å². The third kappa shape index (κ3) is 3.12. The van der Waals surface area contributed by atoms with Crippen LogP contribution in [0.15, 0.2) is 12.1 Å². The zero-order valence-electron chi connectivity index (χ0n) is 12.2. The second-order valence-corrected chi connectivity index (χ2v) is 5.43. The minimum Gasteiger partial charge on any atom is -0.476 e. The second kappa shape index (κ2) is 5.98. The Morgan fingerprint density at radius 2 is 2.30 bits per heavy atom. The molecule has 1 unspecified atom stereocenters. The molecule has 0 spiro atoms. The minimum absolute atomic E-state index is 0.0134. The molecular weight excluding hydrogens is 256 g/mol. The summed E-state index contributed by atoms with van der Waals surface area (Å²) in [5.41, 5.74) is 6.40. The quantitative estimate of drug-likeness (QED) is 0.859. The van der Waals surface area contributed by atoms with Crippen LogP contribution in [0.4, 0.5) is 11.5 Å². The van der Waals surface area contributed by atoms with E-state index < -0.39 is 0 Å². The lowest BCUT2D eigenvalue weighted by Crippen LogP contribution is -2.54. The van der Waals surface area contributed by atoms with Crippen LogP contribution in [0.5, 0.6) is 5.88 Å². The van der Waals surface area contributed by atoms with E-state index in [1.54, 1.807) is 6.07 Å². The number of amides is 1. The molecule has 20 heavy (non-hydrogen) atoms. The van der Waals surface area contributed by atoms with Crippen LogP contribution in [-0.2, 0) is 4.79 Å². The normalized spacial score (nSPS) is 19.1. The van der Waals surface area contributed by atoms with Gasteiger partial charge in [0.05, 0.1) is 12.3 Å². The van der Waals surface area contributed by atoms with Gasteiger partial charge in [0, 0.05) is 13.1 Å². The zero-order valence-corrected chi connectivity index (χ0v) is 12.2. The first kappa shape index (κ1) is 14.4. The highest BCUT2D eigenvalue weighted by molar-refractivity contribution is 5.85. The molecule has 1 fully saturated rings. The summed E-state index contributed by atoms with van der Waals surface area (Å²) in [6.07, 6.45) is 0. The number of hydrogen-bond acceptors (Lipinski definition) is 5. The van der Waals surface area contributed by atoms with Gasteiger partial charge in [-0.25, -0.2) is 0 Å². The number of nitrogens with zero attached hydrogens (tertiary/aromatic N) is 2. The smallest absolute Gasteiger partial charge is 0.242 e. The summed E-state index contributed by atoms with van der Waals surface area (Å²) in [6, 6.07) is 3.36. The molecule has 1 aromatic rings. The molecule has 0 aromatic carbocycles. The molecule has 6 heteroatoms. The first-order chi connectivity index (χ1) is 9.49. The molecule has 2 heterocycles. The summed E-state index contributed by atoms with van der Waals surface area (Å²) in [6.45, 7) is 7.91. The van der Waals surface area contributed by atoms with Gasteiger partial charge >= 0.3 is 0 Å². The number of anilines is 2. The highest BCUT2D eigenvalue weighted by Crippen LogP contribution is 2.25. The van der Waals surface area contributed by atoms with Crippen molar-refractivity contribution in [2.45, 2.75) is 26.8 Å². The van der Waals surface area contributed by atoms with Crippen LogP contribution < -0.4 is 20.7 Å². The standard InChI is InChI=1S/C14H22N4O2/c1-9(2)8-20-14-11(15)4-5-12(17-14)18-7-6-16-13(19)10(18)3/h4-5,9-10H,6-8,15H2,1-3H3,(H,16,19). The van der Waals surface area contributed by atoms with Gasteiger partial charge in [-0.05, 0) is 25.0 Å². The fourth-order valence-corrected chi connectivity index (χ4v) is 2.06. The Morgan fingerprint density at radius 1 is 1.55 bits per heavy atom. The summed E-state index contributed by atoms with van der Waals surface area (Å²) in [7, 11) is 0. The SMILES string of the molecule is CC(C)COc1nc(N2CCNC(=O)C2C)ccc1N. The van der Waals surface area contributed by atoms with Crippen molar-refractivity contribution in [1.82, 2.24) is 10.3 Å². The molecule has 0 bridgehead atoms. The number of aromatic nitrogens is 1. The number of nitrogen functional groups attached to an aromatic ring is 1. The molecule has 1 aliphatic heterocycles. The van der Waals surface area contributed by atoms with Crippen LogP contribution in [0, 0.1) is 5.92 Å². The van der Waals surface area contributed by atoms with Gasteiger partial charge in [-0.2, -0.15) is 4.98 Å². The number of rotatable bonds is 4. The van der Waals surface area contributed by atoms with Crippen LogP contribution in [0.25, 0.3) is 0 Å². The van der Waals surface area contributed by atoms with Crippen LogP contribution in [0.3, 0.4) is 0 Å². The fourth-order valence-electron chi connectivity index (χ4n) is 2.06. The molecule has 1 atom stereocenters. The largest absolute Gasteiger partial charge is 0.476 e. The van der Waals surface area contributed by atoms with Crippen molar-refractivity contribution in [2.24, 2.45) is 5.92 Å². The highest BCUT2D eigenvalue weighted by atomic mass is 16.5. The van der Waals surface area contributed by atoms with E-state index in [-0.39, 0.29) is 11.9 Å². The van der Waals surface area contributed by atoms with Crippen LogP contribution >= 0.6 is 0 Å². The summed E-state index contributed by atoms with van der Waals surface area (Å²) in [5.74, 6) is 1.58. The lowest BCUT2D eigenvalue weighted by Gasteiger charge is -2.33. The van der Waals surface area contributed by atoms with E-state index in [2.05, 4.69) is 24.1 Å². The maximum absolute atomic E-state index is 11.7. The maximum Gasteiger partial charge on any atom is 0.242 e. The number of nitrogens with one attached hydrogen (secondary N) is 1. The Labute approximate surface area is 119 Å². The topological polar surface area (TPSA) is 80.5 Å². The molecule has 0 saturated carbocycles. The van der Waals surface area contributed by atoms with Crippen molar-refractivity contribution < 1.29 is 9.53 Å². The van der Waals surface area contributed by atoms with E-state index >= 15 is 0 Å². The van der Waals surface area contributed by atoms with Crippen molar-refractivity contribution in [3.8, 4) is 5.88 Å². The van der Waals surface area contributed by atoms with E-state index in [0.717, 1.165) is 12.4 Å². The molecule has 3 N–H and O–H groups in total. The number of hydrogen-bond donors (Lipinski definition) is 2. The summed E-state index contributed by atoms with van der Waals surface area (Å²) in [4.78, 5) is 18.1. The molecule has 1 amide bonds. The predicted molar refractivity (Wildman–Crippen MR) is 78.8 cm³/mol. The monoisotopic (exact) mass is 278 g/mol. The van der Waals surface area contributed by atoms with E-state index in [1.807, 2.05) is 17.9 Å². The van der Waals surface area contributed by atoms with Crippen molar-refractivity contribution in [3.05, 3.63) is 12.1 Å². The third-order valence-corrected chi connectivity index (χ3v) is 3.22. The second-order valence-electron chi connectivity index (χ2n) is 5.43. The van der Waals surface area contributed by atoms with Crippen molar-refractivity contribution >= 4 is 17.4 Å². The molecule has 1 aliphatic rings. The molecular formula is C14H22N4O2. The zero-order chi connectivity index (χ0) is 14.7. The van der Waals surface area contributed by atoms with Crippen molar-refractivity contribution in [1.29, 1.82) is 0 Å². The van der Waals surface area contributed by atoms with Crippen molar-refractivity contribution in [2.75, 3.05) is 30.3 Å². The Morgan fingerprint density at radius 3 is 3.00 bits per heavy atom. The summed E-state index contributed by atoms with van der Waals surface area (Å²) >= 11 is 0. The lowest BCUT2D eigenvalue weighted by atomic mass is 10.2.